The fourth-order valence-electron chi connectivity index (χ4n) is 3.45. The molecule has 0 N–H and O–H groups in total. The average Bonchev–Trinajstić information content (AvgIpc) is 2.78. The normalized spacial score (nSPS) is 16.9. The van der Waals surface area contributed by atoms with E-state index in [-0.39, 0.29) is 48.3 Å². The molecule has 0 bridgehead atoms. The zero-order valence-electron chi connectivity index (χ0n) is 16.4. The van der Waals surface area contributed by atoms with Crippen molar-refractivity contribution >= 4 is 15.9 Å². The van der Waals surface area contributed by atoms with Crippen molar-refractivity contribution in [3.05, 3.63) is 48.0 Å². The summed E-state index contributed by atoms with van der Waals surface area (Å²) >= 11 is 0. The van der Waals surface area contributed by atoms with E-state index in [0.29, 0.717) is 24.7 Å². The Labute approximate surface area is 178 Å². The summed E-state index contributed by atoms with van der Waals surface area (Å²) in [4.78, 5) is 14.3. The highest BCUT2D eigenvalue weighted by atomic mass is 32.2. The molecule has 0 aromatic heterocycles. The second-order valence-corrected chi connectivity index (χ2v) is 8.85. The van der Waals surface area contributed by atoms with Gasteiger partial charge in [-0.15, -0.1) is 0 Å². The number of carbonyl (C=O) groups excluding carboxylic acids is 1. The summed E-state index contributed by atoms with van der Waals surface area (Å²) in [7, 11) is -3.77. The summed E-state index contributed by atoms with van der Waals surface area (Å²) in [5.41, 5.74) is 0.196. The van der Waals surface area contributed by atoms with Crippen LogP contribution >= 0.6 is 0 Å². The van der Waals surface area contributed by atoms with Crippen molar-refractivity contribution in [2.75, 3.05) is 39.4 Å². The van der Waals surface area contributed by atoms with Crippen LogP contribution in [-0.2, 0) is 10.0 Å². The van der Waals surface area contributed by atoms with E-state index in [4.69, 9.17) is 9.47 Å². The number of ether oxygens (including phenoxy) is 3. The van der Waals surface area contributed by atoms with Crippen LogP contribution < -0.4 is 14.2 Å². The first-order valence-corrected chi connectivity index (χ1v) is 11.0. The Morgan fingerprint density at radius 2 is 1.68 bits per heavy atom. The summed E-state index contributed by atoms with van der Waals surface area (Å²) in [6.45, 7) is -1.68. The second-order valence-electron chi connectivity index (χ2n) is 6.91. The minimum atomic E-state index is -3.77. The predicted octanol–water partition coefficient (Wildman–Crippen LogP) is 2.21. The van der Waals surface area contributed by atoms with Crippen molar-refractivity contribution in [1.82, 2.24) is 9.21 Å². The number of alkyl halides is 2. The monoisotopic (exact) mass is 454 g/mol. The number of amides is 1. The van der Waals surface area contributed by atoms with Crippen molar-refractivity contribution < 1.29 is 36.2 Å². The first-order chi connectivity index (χ1) is 14.8. The lowest BCUT2D eigenvalue weighted by atomic mass is 10.1. The van der Waals surface area contributed by atoms with Crippen molar-refractivity contribution in [2.24, 2.45) is 0 Å². The third-order valence-electron chi connectivity index (χ3n) is 4.98. The van der Waals surface area contributed by atoms with Crippen LogP contribution in [-0.4, -0.2) is 69.5 Å². The molecular formula is C20H20F2N2O6S. The molecule has 166 valence electrons. The topological polar surface area (TPSA) is 85.4 Å². The number of benzene rings is 2. The largest absolute Gasteiger partial charge is 0.486 e. The minimum absolute atomic E-state index is 0.0911. The van der Waals surface area contributed by atoms with Gasteiger partial charge in [0.1, 0.15) is 19.0 Å². The van der Waals surface area contributed by atoms with Crippen molar-refractivity contribution in [2.45, 2.75) is 11.5 Å². The molecule has 1 amide bonds. The molecule has 0 aliphatic carbocycles. The molecule has 11 heteroatoms. The van der Waals surface area contributed by atoms with E-state index in [9.17, 15) is 22.0 Å². The van der Waals surface area contributed by atoms with Crippen molar-refractivity contribution in [3.8, 4) is 17.2 Å². The summed E-state index contributed by atoms with van der Waals surface area (Å²) in [5.74, 6) is 0.391. The molecule has 4 rings (SSSR count). The molecule has 31 heavy (non-hydrogen) atoms. The second kappa shape index (κ2) is 8.67. The third kappa shape index (κ3) is 4.57. The molecule has 1 fully saturated rings. The highest BCUT2D eigenvalue weighted by Crippen LogP contribution is 2.33. The number of sulfonamides is 1. The molecule has 8 nitrogen and oxygen atoms in total. The zero-order valence-corrected chi connectivity index (χ0v) is 17.2. The van der Waals surface area contributed by atoms with Gasteiger partial charge in [-0.05, 0) is 30.3 Å². The van der Waals surface area contributed by atoms with E-state index in [1.54, 1.807) is 6.07 Å². The van der Waals surface area contributed by atoms with Crippen LogP contribution in [0.1, 0.15) is 10.4 Å². The van der Waals surface area contributed by atoms with E-state index in [1.165, 1.54) is 45.6 Å². The van der Waals surface area contributed by atoms with Gasteiger partial charge in [0, 0.05) is 37.8 Å². The average molecular weight is 454 g/mol. The standard InChI is InChI=1S/C20H20F2N2O6S/c21-20(22)30-15-3-1-2-14(12-15)19(25)23-6-8-24(9-7-23)31(26,27)16-4-5-17-18(13-16)29-11-10-28-17/h1-5,12-13,20H,6-11H2. The Balaban J connectivity index is 1.43. The van der Waals surface area contributed by atoms with Gasteiger partial charge in [0.15, 0.2) is 11.5 Å². The van der Waals surface area contributed by atoms with Gasteiger partial charge < -0.3 is 19.1 Å². The molecule has 0 radical (unpaired) electrons. The Hall–Kier alpha value is -2.92. The van der Waals surface area contributed by atoms with Crippen LogP contribution in [0.2, 0.25) is 0 Å². The lowest BCUT2D eigenvalue weighted by molar-refractivity contribution is -0.0499. The van der Waals surface area contributed by atoms with Gasteiger partial charge in [-0.2, -0.15) is 13.1 Å². The van der Waals surface area contributed by atoms with Crippen LogP contribution in [0.15, 0.2) is 47.4 Å². The van der Waals surface area contributed by atoms with E-state index >= 15 is 0 Å². The summed E-state index contributed by atoms with van der Waals surface area (Å²) in [6.07, 6.45) is 0. The number of fused-ring (bicyclic) bond motifs is 1. The van der Waals surface area contributed by atoms with Gasteiger partial charge in [0.2, 0.25) is 10.0 Å². The maximum Gasteiger partial charge on any atom is 0.387 e. The lowest BCUT2D eigenvalue weighted by Gasteiger charge is -2.34. The summed E-state index contributed by atoms with van der Waals surface area (Å²) < 4.78 is 67.3. The molecule has 2 heterocycles. The minimum Gasteiger partial charge on any atom is -0.486 e. The Morgan fingerprint density at radius 3 is 2.39 bits per heavy atom. The van der Waals surface area contributed by atoms with Gasteiger partial charge in [0.05, 0.1) is 4.90 Å². The summed E-state index contributed by atoms with van der Waals surface area (Å²) in [5, 5.41) is 0. The van der Waals surface area contributed by atoms with Crippen molar-refractivity contribution in [1.29, 1.82) is 0 Å². The molecule has 1 saturated heterocycles. The van der Waals surface area contributed by atoms with Gasteiger partial charge in [0.25, 0.3) is 5.91 Å². The predicted molar refractivity (Wildman–Crippen MR) is 105 cm³/mol. The van der Waals surface area contributed by atoms with E-state index in [0.717, 1.165) is 0 Å². The van der Waals surface area contributed by atoms with E-state index < -0.39 is 16.6 Å². The molecule has 0 spiro atoms. The number of carbonyl (C=O) groups is 1. The molecule has 2 aliphatic rings. The number of nitrogens with zero attached hydrogens (tertiary/aromatic N) is 2. The fourth-order valence-corrected chi connectivity index (χ4v) is 4.89. The first-order valence-electron chi connectivity index (χ1n) is 9.58. The lowest BCUT2D eigenvalue weighted by Crippen LogP contribution is -2.50. The van der Waals surface area contributed by atoms with E-state index in [1.807, 2.05) is 0 Å². The third-order valence-corrected chi connectivity index (χ3v) is 6.88. The smallest absolute Gasteiger partial charge is 0.387 e. The number of hydrogen-bond acceptors (Lipinski definition) is 6. The van der Waals surface area contributed by atoms with Crippen LogP contribution in [0.5, 0.6) is 17.2 Å². The Morgan fingerprint density at radius 1 is 0.968 bits per heavy atom. The van der Waals surface area contributed by atoms with Gasteiger partial charge in [-0.25, -0.2) is 8.42 Å². The molecule has 2 aliphatic heterocycles. The van der Waals surface area contributed by atoms with E-state index in [2.05, 4.69) is 4.74 Å². The van der Waals surface area contributed by atoms with Crippen LogP contribution in [0.3, 0.4) is 0 Å². The molecule has 0 atom stereocenters. The van der Waals surface area contributed by atoms with Crippen LogP contribution in [0.4, 0.5) is 8.78 Å². The number of halogens is 2. The SMILES string of the molecule is O=C(c1cccc(OC(F)F)c1)N1CCN(S(=O)(=O)c2ccc3c(c2)OCCO3)CC1. The molecule has 2 aromatic carbocycles. The highest BCUT2D eigenvalue weighted by Gasteiger charge is 2.31. The van der Waals surface area contributed by atoms with Crippen molar-refractivity contribution in [3.63, 3.8) is 0 Å². The quantitative estimate of drug-likeness (QED) is 0.689. The van der Waals surface area contributed by atoms with Crippen LogP contribution in [0.25, 0.3) is 0 Å². The fraction of sp³-hybridized carbons (Fsp3) is 0.350. The number of hydrogen-bond donors (Lipinski definition) is 0. The molecule has 0 unspecified atom stereocenters. The molecule has 2 aromatic rings. The highest BCUT2D eigenvalue weighted by molar-refractivity contribution is 7.89. The summed E-state index contributed by atoms with van der Waals surface area (Å²) in [6, 6.07) is 10.0. The molecular weight excluding hydrogens is 434 g/mol. The maximum absolute atomic E-state index is 13.0. The van der Waals surface area contributed by atoms with Gasteiger partial charge >= 0.3 is 6.61 Å². The first kappa shape index (κ1) is 21.3. The van der Waals surface area contributed by atoms with Gasteiger partial charge in [-0.1, -0.05) is 6.07 Å². The molecule has 0 saturated carbocycles. The Kier molecular flexibility index (Phi) is 5.96. The number of rotatable bonds is 5. The Bertz CT molecular complexity index is 1070. The zero-order chi connectivity index (χ0) is 22.0. The maximum atomic E-state index is 13.0. The van der Waals surface area contributed by atoms with Crippen LogP contribution in [0, 0.1) is 0 Å². The van der Waals surface area contributed by atoms with Gasteiger partial charge in [-0.3, -0.25) is 4.79 Å². The number of piperazine rings is 1.